The van der Waals surface area contributed by atoms with Gasteiger partial charge in [-0.05, 0) is 12.8 Å². The Kier molecular flexibility index (Phi) is 2.65. The molecule has 1 aromatic heterocycles. The molecule has 0 amide bonds. The van der Waals surface area contributed by atoms with Gasteiger partial charge < -0.3 is 10.4 Å². The first-order valence-electron chi connectivity index (χ1n) is 6.15. The van der Waals surface area contributed by atoms with Crippen LogP contribution in [0.3, 0.4) is 0 Å². The second kappa shape index (κ2) is 4.14. The molecular formula is C11H18N4O. The number of aliphatic hydroxyl groups excluding tert-OH is 1. The minimum Gasteiger partial charge on any atom is -0.390 e. The molecular weight excluding hydrogens is 204 g/mol. The van der Waals surface area contributed by atoms with E-state index in [0.29, 0.717) is 12.5 Å². The number of aliphatic hydroxyl groups is 1. The summed E-state index contributed by atoms with van der Waals surface area (Å²) in [6, 6.07) is 0.0580. The average Bonchev–Trinajstić information content (AvgIpc) is 2.96. The highest BCUT2D eigenvalue weighted by molar-refractivity contribution is 5.05. The Labute approximate surface area is 94.8 Å². The van der Waals surface area contributed by atoms with E-state index in [-0.39, 0.29) is 12.1 Å². The number of hydrogen-bond acceptors (Lipinski definition) is 4. The van der Waals surface area contributed by atoms with Crippen molar-refractivity contribution in [3.63, 3.8) is 0 Å². The standard InChI is InChI=1S/C11H18N4O/c16-11-6-12-5-10(11)15-7-9(13-14-15)8-3-1-2-4-8/h7-8,10-12,16H,1-6H2/t10-,11-/m1/s1. The SMILES string of the molecule is O[C@@H]1CNC[C@H]1n1cc(C2CCCC2)nn1. The van der Waals surface area contributed by atoms with Crippen molar-refractivity contribution in [2.45, 2.75) is 43.7 Å². The van der Waals surface area contributed by atoms with Crippen molar-refractivity contribution in [1.29, 1.82) is 0 Å². The Balaban J connectivity index is 1.76. The van der Waals surface area contributed by atoms with Crippen LogP contribution in [0, 0.1) is 0 Å². The molecule has 16 heavy (non-hydrogen) atoms. The molecule has 1 aliphatic carbocycles. The lowest BCUT2D eigenvalue weighted by Gasteiger charge is -2.12. The van der Waals surface area contributed by atoms with Crippen molar-refractivity contribution in [3.8, 4) is 0 Å². The Morgan fingerprint density at radius 2 is 2.12 bits per heavy atom. The number of hydrogen-bond donors (Lipinski definition) is 2. The minimum atomic E-state index is -0.335. The summed E-state index contributed by atoms with van der Waals surface area (Å²) in [4.78, 5) is 0. The molecule has 2 heterocycles. The molecule has 0 aromatic carbocycles. The second-order valence-corrected chi connectivity index (χ2v) is 4.90. The van der Waals surface area contributed by atoms with Gasteiger partial charge in [0.05, 0.1) is 17.8 Å². The zero-order valence-corrected chi connectivity index (χ0v) is 9.34. The van der Waals surface area contributed by atoms with Gasteiger partial charge in [0, 0.05) is 25.2 Å². The Morgan fingerprint density at radius 1 is 1.31 bits per heavy atom. The highest BCUT2D eigenvalue weighted by Gasteiger charge is 2.28. The highest BCUT2D eigenvalue weighted by Crippen LogP contribution is 2.33. The Bertz CT molecular complexity index is 359. The molecule has 0 bridgehead atoms. The van der Waals surface area contributed by atoms with Gasteiger partial charge in [-0.1, -0.05) is 18.1 Å². The fraction of sp³-hybridized carbons (Fsp3) is 0.818. The van der Waals surface area contributed by atoms with E-state index >= 15 is 0 Å². The molecule has 0 unspecified atom stereocenters. The van der Waals surface area contributed by atoms with Crippen LogP contribution in [0.1, 0.15) is 43.3 Å². The van der Waals surface area contributed by atoms with Crippen LogP contribution in [0.15, 0.2) is 6.20 Å². The largest absolute Gasteiger partial charge is 0.390 e. The van der Waals surface area contributed by atoms with Gasteiger partial charge in [-0.2, -0.15) is 0 Å². The van der Waals surface area contributed by atoms with E-state index in [1.165, 1.54) is 25.7 Å². The van der Waals surface area contributed by atoms with Crippen molar-refractivity contribution >= 4 is 0 Å². The molecule has 5 nitrogen and oxygen atoms in total. The molecule has 5 heteroatoms. The summed E-state index contributed by atoms with van der Waals surface area (Å²) in [6.07, 6.45) is 6.79. The van der Waals surface area contributed by atoms with Crippen molar-refractivity contribution in [2.24, 2.45) is 0 Å². The van der Waals surface area contributed by atoms with E-state index < -0.39 is 0 Å². The molecule has 0 spiro atoms. The number of β-amino-alcohol motifs (C(OH)–C–C–N with tert-alkyl or cyclic N) is 1. The number of rotatable bonds is 2. The van der Waals surface area contributed by atoms with Gasteiger partial charge >= 0.3 is 0 Å². The normalized spacial score (nSPS) is 31.3. The number of nitrogens with one attached hydrogen (secondary N) is 1. The third-order valence-electron chi connectivity index (χ3n) is 3.79. The van der Waals surface area contributed by atoms with Crippen LogP contribution in [-0.2, 0) is 0 Å². The van der Waals surface area contributed by atoms with E-state index in [9.17, 15) is 5.11 Å². The first-order valence-corrected chi connectivity index (χ1v) is 6.15. The summed E-state index contributed by atoms with van der Waals surface area (Å²) in [5.41, 5.74) is 1.11. The molecule has 1 aromatic rings. The van der Waals surface area contributed by atoms with E-state index in [4.69, 9.17) is 0 Å². The third kappa shape index (κ3) is 1.74. The maximum Gasteiger partial charge on any atom is 0.0932 e. The van der Waals surface area contributed by atoms with E-state index in [1.54, 1.807) is 0 Å². The summed E-state index contributed by atoms with van der Waals surface area (Å²) in [7, 11) is 0. The molecule has 2 N–H and O–H groups in total. The number of aromatic nitrogens is 3. The van der Waals surface area contributed by atoms with Gasteiger partial charge in [0.15, 0.2) is 0 Å². The molecule has 1 aliphatic heterocycles. The highest BCUT2D eigenvalue weighted by atomic mass is 16.3. The van der Waals surface area contributed by atoms with Gasteiger partial charge in [-0.25, -0.2) is 4.68 Å². The lowest BCUT2D eigenvalue weighted by molar-refractivity contribution is 0.143. The van der Waals surface area contributed by atoms with Crippen LogP contribution >= 0.6 is 0 Å². The minimum absolute atomic E-state index is 0.0580. The molecule has 3 rings (SSSR count). The fourth-order valence-electron chi connectivity index (χ4n) is 2.78. The van der Waals surface area contributed by atoms with Gasteiger partial charge in [-0.3, -0.25) is 0 Å². The maximum absolute atomic E-state index is 9.77. The monoisotopic (exact) mass is 222 g/mol. The second-order valence-electron chi connectivity index (χ2n) is 4.90. The summed E-state index contributed by atoms with van der Waals surface area (Å²) < 4.78 is 1.83. The van der Waals surface area contributed by atoms with Crippen molar-refractivity contribution < 1.29 is 5.11 Å². The van der Waals surface area contributed by atoms with Gasteiger partial charge in [0.1, 0.15) is 0 Å². The van der Waals surface area contributed by atoms with Crippen LogP contribution < -0.4 is 5.32 Å². The van der Waals surface area contributed by atoms with Gasteiger partial charge in [0.25, 0.3) is 0 Å². The van der Waals surface area contributed by atoms with Gasteiger partial charge in [0.2, 0.25) is 0 Å². The predicted octanol–water partition coefficient (Wildman–Crippen LogP) is 0.441. The lowest BCUT2D eigenvalue weighted by atomic mass is 10.1. The van der Waals surface area contributed by atoms with E-state index in [2.05, 4.69) is 15.6 Å². The van der Waals surface area contributed by atoms with Crippen molar-refractivity contribution in [3.05, 3.63) is 11.9 Å². The van der Waals surface area contributed by atoms with Crippen molar-refractivity contribution in [2.75, 3.05) is 13.1 Å². The molecule has 1 saturated heterocycles. The molecule has 2 fully saturated rings. The average molecular weight is 222 g/mol. The first kappa shape index (κ1) is 10.2. The third-order valence-corrected chi connectivity index (χ3v) is 3.79. The summed E-state index contributed by atoms with van der Waals surface area (Å²) >= 11 is 0. The molecule has 2 aliphatic rings. The lowest BCUT2D eigenvalue weighted by Crippen LogP contribution is -2.22. The van der Waals surface area contributed by atoms with Crippen LogP contribution in [0.5, 0.6) is 0 Å². The molecule has 0 radical (unpaired) electrons. The van der Waals surface area contributed by atoms with Gasteiger partial charge in [-0.15, -0.1) is 5.10 Å². The molecule has 2 atom stereocenters. The zero-order chi connectivity index (χ0) is 11.0. The van der Waals surface area contributed by atoms with Crippen LogP contribution in [0.2, 0.25) is 0 Å². The number of nitrogens with zero attached hydrogens (tertiary/aromatic N) is 3. The maximum atomic E-state index is 9.77. The fourth-order valence-corrected chi connectivity index (χ4v) is 2.78. The van der Waals surface area contributed by atoms with Crippen LogP contribution in [-0.4, -0.2) is 39.3 Å². The molecule has 1 saturated carbocycles. The van der Waals surface area contributed by atoms with E-state index in [1.807, 2.05) is 10.9 Å². The van der Waals surface area contributed by atoms with E-state index in [0.717, 1.165) is 12.2 Å². The summed E-state index contributed by atoms with van der Waals surface area (Å²) in [5, 5.41) is 21.3. The Morgan fingerprint density at radius 3 is 2.81 bits per heavy atom. The summed E-state index contributed by atoms with van der Waals surface area (Å²) in [5.74, 6) is 0.597. The predicted molar refractivity (Wildman–Crippen MR) is 59.1 cm³/mol. The summed E-state index contributed by atoms with van der Waals surface area (Å²) in [6.45, 7) is 1.44. The zero-order valence-electron chi connectivity index (χ0n) is 9.34. The topological polar surface area (TPSA) is 63.0 Å². The quantitative estimate of drug-likeness (QED) is 0.762. The van der Waals surface area contributed by atoms with Crippen LogP contribution in [0.25, 0.3) is 0 Å². The first-order chi connectivity index (χ1) is 7.84. The Hall–Kier alpha value is -0.940. The smallest absolute Gasteiger partial charge is 0.0932 e. The van der Waals surface area contributed by atoms with Crippen molar-refractivity contribution in [1.82, 2.24) is 20.3 Å². The van der Waals surface area contributed by atoms with Crippen LogP contribution in [0.4, 0.5) is 0 Å². The molecule has 88 valence electrons.